The SMILES string of the molecule is CCCOCC(CO[Si](C)(C)c1ccc(C)cc1)(Cc1ccccc1)Cc1ccccc1. The van der Waals surface area contributed by atoms with Crippen molar-refractivity contribution < 1.29 is 9.16 Å². The molecule has 0 spiro atoms. The fourth-order valence-corrected chi connectivity index (χ4v) is 5.97. The molecule has 0 unspecified atom stereocenters. The zero-order valence-corrected chi connectivity index (χ0v) is 21.1. The first-order chi connectivity index (χ1) is 15.4. The largest absolute Gasteiger partial charge is 0.412 e. The molecule has 3 heteroatoms. The van der Waals surface area contributed by atoms with Gasteiger partial charge in [0, 0.05) is 18.6 Å². The standard InChI is InChI=1S/C29H38O2Si/c1-5-20-30-23-29(21-26-12-8-6-9-13-26,22-27-14-10-7-11-15-27)24-31-32(3,4)28-18-16-25(2)17-19-28/h6-19H,5,20-24H2,1-4H3. The fourth-order valence-electron chi connectivity index (χ4n) is 4.17. The molecule has 0 aliphatic carbocycles. The third-order valence-electron chi connectivity index (χ3n) is 6.09. The topological polar surface area (TPSA) is 18.5 Å². The summed E-state index contributed by atoms with van der Waals surface area (Å²) < 4.78 is 13.1. The van der Waals surface area contributed by atoms with Crippen LogP contribution in [0.15, 0.2) is 84.9 Å². The molecule has 0 N–H and O–H groups in total. The van der Waals surface area contributed by atoms with Gasteiger partial charge in [-0.1, -0.05) is 97.4 Å². The van der Waals surface area contributed by atoms with E-state index in [4.69, 9.17) is 9.16 Å². The van der Waals surface area contributed by atoms with E-state index in [0.717, 1.165) is 25.9 Å². The van der Waals surface area contributed by atoms with Crippen molar-refractivity contribution in [3.05, 3.63) is 102 Å². The molecule has 3 aromatic carbocycles. The molecule has 0 fully saturated rings. The lowest BCUT2D eigenvalue weighted by atomic mass is 9.78. The Kier molecular flexibility index (Phi) is 8.86. The Morgan fingerprint density at radius 1 is 0.719 bits per heavy atom. The normalized spacial score (nSPS) is 12.1. The van der Waals surface area contributed by atoms with Gasteiger partial charge in [0.2, 0.25) is 8.32 Å². The average molecular weight is 447 g/mol. The summed E-state index contributed by atoms with van der Waals surface area (Å²) in [7, 11) is -2.05. The Labute approximate surface area is 195 Å². The first-order valence-corrected chi connectivity index (χ1v) is 14.7. The molecule has 2 nitrogen and oxygen atoms in total. The molecule has 0 aliphatic rings. The Morgan fingerprint density at radius 2 is 1.25 bits per heavy atom. The monoisotopic (exact) mass is 446 g/mol. The second kappa shape index (κ2) is 11.6. The maximum Gasteiger partial charge on any atom is 0.218 e. The maximum absolute atomic E-state index is 6.85. The Bertz CT molecular complexity index is 879. The lowest BCUT2D eigenvalue weighted by Crippen LogP contribution is -2.49. The molecule has 170 valence electrons. The van der Waals surface area contributed by atoms with E-state index in [1.807, 2.05) is 0 Å². The van der Waals surface area contributed by atoms with Crippen molar-refractivity contribution in [1.29, 1.82) is 0 Å². The minimum Gasteiger partial charge on any atom is -0.412 e. The number of ether oxygens (including phenoxy) is 1. The van der Waals surface area contributed by atoms with Crippen LogP contribution in [0.25, 0.3) is 0 Å². The summed E-state index contributed by atoms with van der Waals surface area (Å²) >= 11 is 0. The van der Waals surface area contributed by atoms with E-state index in [9.17, 15) is 0 Å². The van der Waals surface area contributed by atoms with Gasteiger partial charge in [-0.3, -0.25) is 0 Å². The number of aryl methyl sites for hydroxylation is 1. The smallest absolute Gasteiger partial charge is 0.218 e. The van der Waals surface area contributed by atoms with Crippen LogP contribution in [-0.4, -0.2) is 28.1 Å². The van der Waals surface area contributed by atoms with Crippen LogP contribution >= 0.6 is 0 Å². The van der Waals surface area contributed by atoms with Gasteiger partial charge in [0.15, 0.2) is 0 Å². The van der Waals surface area contributed by atoms with Gasteiger partial charge < -0.3 is 9.16 Å². The molecular formula is C29H38O2Si. The van der Waals surface area contributed by atoms with Crippen LogP contribution in [-0.2, 0) is 22.0 Å². The van der Waals surface area contributed by atoms with Crippen molar-refractivity contribution in [1.82, 2.24) is 0 Å². The van der Waals surface area contributed by atoms with Crippen LogP contribution in [0, 0.1) is 12.3 Å². The number of hydrogen-bond acceptors (Lipinski definition) is 2. The van der Waals surface area contributed by atoms with Crippen molar-refractivity contribution in [2.24, 2.45) is 5.41 Å². The minimum atomic E-state index is -2.05. The number of rotatable bonds is 12. The van der Waals surface area contributed by atoms with Gasteiger partial charge in [-0.2, -0.15) is 0 Å². The quantitative estimate of drug-likeness (QED) is 0.239. The van der Waals surface area contributed by atoms with Crippen molar-refractivity contribution >= 4 is 13.5 Å². The van der Waals surface area contributed by atoms with Gasteiger partial charge in [0.05, 0.1) is 6.61 Å². The zero-order valence-electron chi connectivity index (χ0n) is 20.1. The first kappa shape index (κ1) is 24.4. The number of hydrogen-bond donors (Lipinski definition) is 0. The van der Waals surface area contributed by atoms with E-state index < -0.39 is 8.32 Å². The molecule has 3 rings (SSSR count). The van der Waals surface area contributed by atoms with Gasteiger partial charge in [0.25, 0.3) is 0 Å². The molecule has 0 aliphatic heterocycles. The highest BCUT2D eigenvalue weighted by Crippen LogP contribution is 2.31. The Morgan fingerprint density at radius 3 is 1.75 bits per heavy atom. The van der Waals surface area contributed by atoms with Gasteiger partial charge in [0.1, 0.15) is 0 Å². The van der Waals surface area contributed by atoms with E-state index in [1.165, 1.54) is 21.9 Å². The Balaban J connectivity index is 1.89. The molecule has 3 aromatic rings. The second-order valence-electron chi connectivity index (χ2n) is 9.54. The molecule has 0 atom stereocenters. The molecule has 0 amide bonds. The predicted molar refractivity (Wildman–Crippen MR) is 138 cm³/mol. The van der Waals surface area contributed by atoms with E-state index in [-0.39, 0.29) is 5.41 Å². The highest BCUT2D eigenvalue weighted by atomic mass is 28.4. The van der Waals surface area contributed by atoms with Crippen molar-refractivity contribution in [3.8, 4) is 0 Å². The van der Waals surface area contributed by atoms with Crippen LogP contribution in [0.3, 0.4) is 0 Å². The summed E-state index contributed by atoms with van der Waals surface area (Å²) in [6.45, 7) is 11.1. The van der Waals surface area contributed by atoms with Gasteiger partial charge in [-0.25, -0.2) is 0 Å². The van der Waals surface area contributed by atoms with Crippen molar-refractivity contribution in [3.63, 3.8) is 0 Å². The number of benzene rings is 3. The summed E-state index contributed by atoms with van der Waals surface area (Å²) in [4.78, 5) is 0. The van der Waals surface area contributed by atoms with Gasteiger partial charge >= 0.3 is 0 Å². The zero-order chi connectivity index (χ0) is 22.9. The van der Waals surface area contributed by atoms with Crippen molar-refractivity contribution in [2.45, 2.75) is 46.2 Å². The third-order valence-corrected chi connectivity index (χ3v) is 8.68. The molecule has 32 heavy (non-hydrogen) atoms. The predicted octanol–water partition coefficient (Wildman–Crippen LogP) is 6.32. The lowest BCUT2D eigenvalue weighted by molar-refractivity contribution is 0.0117. The molecule has 0 heterocycles. The summed E-state index contributed by atoms with van der Waals surface area (Å²) in [5.74, 6) is 0. The fraction of sp³-hybridized carbons (Fsp3) is 0.379. The molecule has 0 saturated heterocycles. The molecule has 0 aromatic heterocycles. The highest BCUT2D eigenvalue weighted by Gasteiger charge is 2.36. The van der Waals surface area contributed by atoms with Crippen LogP contribution in [0.4, 0.5) is 0 Å². The van der Waals surface area contributed by atoms with Crippen molar-refractivity contribution in [2.75, 3.05) is 19.8 Å². The lowest BCUT2D eigenvalue weighted by Gasteiger charge is -2.37. The van der Waals surface area contributed by atoms with Crippen LogP contribution in [0.1, 0.15) is 30.0 Å². The van der Waals surface area contributed by atoms with Crippen LogP contribution < -0.4 is 5.19 Å². The molecule has 0 bridgehead atoms. The summed E-state index contributed by atoms with van der Waals surface area (Å²) in [6.07, 6.45) is 2.90. The summed E-state index contributed by atoms with van der Waals surface area (Å²) in [6, 6.07) is 30.4. The molecule has 0 saturated carbocycles. The summed E-state index contributed by atoms with van der Waals surface area (Å²) in [5, 5.41) is 1.34. The van der Waals surface area contributed by atoms with Crippen LogP contribution in [0.5, 0.6) is 0 Å². The average Bonchev–Trinajstić information content (AvgIpc) is 2.80. The van der Waals surface area contributed by atoms with E-state index in [2.05, 4.69) is 112 Å². The third kappa shape index (κ3) is 7.16. The van der Waals surface area contributed by atoms with Gasteiger partial charge in [-0.15, -0.1) is 0 Å². The highest BCUT2D eigenvalue weighted by molar-refractivity contribution is 6.84. The van der Waals surface area contributed by atoms with E-state index >= 15 is 0 Å². The van der Waals surface area contributed by atoms with Gasteiger partial charge in [-0.05, 0) is 55.6 Å². The Hall–Kier alpha value is -2.20. The maximum atomic E-state index is 6.85. The molecule has 0 radical (unpaired) electrons. The van der Waals surface area contributed by atoms with E-state index in [0.29, 0.717) is 13.2 Å². The molecular weight excluding hydrogens is 408 g/mol. The second-order valence-corrected chi connectivity index (χ2v) is 13.4. The first-order valence-electron chi connectivity index (χ1n) is 11.8. The minimum absolute atomic E-state index is 0.118. The van der Waals surface area contributed by atoms with E-state index in [1.54, 1.807) is 0 Å². The summed E-state index contributed by atoms with van der Waals surface area (Å²) in [5.41, 5.74) is 3.84. The van der Waals surface area contributed by atoms with Crippen LogP contribution in [0.2, 0.25) is 13.1 Å².